The minimum atomic E-state index is -1.00. The number of carboxylic acid groups (broad SMARTS) is 1. The van der Waals surface area contributed by atoms with Crippen LogP contribution in [0.3, 0.4) is 0 Å². The van der Waals surface area contributed by atoms with E-state index in [1.807, 2.05) is 32.9 Å². The van der Waals surface area contributed by atoms with Gasteiger partial charge in [0.25, 0.3) is 0 Å². The molecule has 6 nitrogen and oxygen atoms in total. The van der Waals surface area contributed by atoms with E-state index in [1.165, 1.54) is 0 Å². The number of ether oxygens (including phenoxy) is 1. The second kappa shape index (κ2) is 11.7. The summed E-state index contributed by atoms with van der Waals surface area (Å²) in [6, 6.07) is 19.8. The predicted molar refractivity (Wildman–Crippen MR) is 133 cm³/mol. The Morgan fingerprint density at radius 1 is 0.941 bits per heavy atom. The maximum absolute atomic E-state index is 11.5. The van der Waals surface area contributed by atoms with E-state index in [-0.39, 0.29) is 17.4 Å². The van der Waals surface area contributed by atoms with Gasteiger partial charge < -0.3 is 25.4 Å². The van der Waals surface area contributed by atoms with E-state index in [2.05, 4.69) is 17.4 Å². The van der Waals surface area contributed by atoms with Crippen molar-refractivity contribution in [2.45, 2.75) is 39.3 Å². The molecule has 6 heteroatoms. The molecule has 0 unspecified atom stereocenters. The number of rotatable bonds is 11. The van der Waals surface area contributed by atoms with Crippen molar-refractivity contribution in [2.24, 2.45) is 5.92 Å². The topological polar surface area (TPSA) is 99.0 Å². The zero-order valence-corrected chi connectivity index (χ0v) is 19.9. The fraction of sp³-hybridized carbons (Fsp3) is 0.321. The summed E-state index contributed by atoms with van der Waals surface area (Å²) in [5.74, 6) is -0.147. The lowest BCUT2D eigenvalue weighted by atomic mass is 10.0. The molecule has 3 rings (SSSR count). The Bertz CT molecular complexity index is 1080. The van der Waals surface area contributed by atoms with Gasteiger partial charge in [-0.3, -0.25) is 0 Å². The monoisotopic (exact) mass is 463 g/mol. The number of benzene rings is 3. The smallest absolute Gasteiger partial charge is 0.339 e. The average Bonchev–Trinajstić information content (AvgIpc) is 2.82. The highest BCUT2D eigenvalue weighted by atomic mass is 16.5. The van der Waals surface area contributed by atoms with E-state index in [0.29, 0.717) is 24.8 Å². The van der Waals surface area contributed by atoms with Crippen molar-refractivity contribution < 1.29 is 24.9 Å². The minimum absolute atomic E-state index is 0.138. The van der Waals surface area contributed by atoms with Gasteiger partial charge in [-0.2, -0.15) is 0 Å². The maximum atomic E-state index is 11.5. The molecule has 0 aliphatic heterocycles. The fourth-order valence-electron chi connectivity index (χ4n) is 3.63. The summed E-state index contributed by atoms with van der Waals surface area (Å²) in [5, 5.41) is 32.7. The van der Waals surface area contributed by atoms with Crippen LogP contribution in [0, 0.1) is 5.92 Å². The molecule has 0 saturated carbocycles. The van der Waals surface area contributed by atoms with Crippen LogP contribution in [-0.2, 0) is 6.42 Å². The van der Waals surface area contributed by atoms with E-state index in [1.54, 1.807) is 42.5 Å². The molecule has 0 bridgehead atoms. The van der Waals surface area contributed by atoms with Gasteiger partial charge in [-0.05, 0) is 72.3 Å². The van der Waals surface area contributed by atoms with Crippen LogP contribution in [0.1, 0.15) is 48.4 Å². The molecule has 0 aliphatic carbocycles. The number of nitrogens with one attached hydrogen (secondary N) is 1. The second-order valence-electron chi connectivity index (χ2n) is 8.95. The number of hydrogen-bond donors (Lipinski definition) is 4. The standard InChI is InChI=1S/C28H33NO5/c1-18(2)17-34-26-16-23(10-13-25(26)28(32)33)21-6-4-20(5-7-21)14-15-29-19(3)27(31)22-8-11-24(30)12-9-22/h4-13,16,18-19,27,29-31H,14-15,17H2,1-3H3,(H,32,33)/t19-,27+/m0/s1. The van der Waals surface area contributed by atoms with Gasteiger partial charge in [0, 0.05) is 6.04 Å². The van der Waals surface area contributed by atoms with Crippen LogP contribution in [0.5, 0.6) is 11.5 Å². The SMILES string of the molecule is CC(C)COc1cc(-c2ccc(CCN[C@@H](C)[C@@H](O)c3ccc(O)cc3)cc2)ccc1C(=O)O. The van der Waals surface area contributed by atoms with E-state index in [9.17, 15) is 20.1 Å². The van der Waals surface area contributed by atoms with Gasteiger partial charge in [-0.1, -0.05) is 56.3 Å². The van der Waals surface area contributed by atoms with Crippen LogP contribution in [-0.4, -0.2) is 40.5 Å². The second-order valence-corrected chi connectivity index (χ2v) is 8.95. The molecule has 0 radical (unpaired) electrons. The van der Waals surface area contributed by atoms with Crippen LogP contribution in [0.4, 0.5) is 0 Å². The van der Waals surface area contributed by atoms with Gasteiger partial charge in [0.1, 0.15) is 17.1 Å². The number of aromatic carboxylic acids is 1. The van der Waals surface area contributed by atoms with Gasteiger partial charge >= 0.3 is 5.97 Å². The summed E-state index contributed by atoms with van der Waals surface area (Å²) in [4.78, 5) is 11.5. The lowest BCUT2D eigenvalue weighted by molar-refractivity contribution is 0.0691. The summed E-state index contributed by atoms with van der Waals surface area (Å²) in [6.07, 6.45) is 0.136. The first-order valence-electron chi connectivity index (χ1n) is 11.5. The summed E-state index contributed by atoms with van der Waals surface area (Å²) in [7, 11) is 0. The number of aliphatic hydroxyl groups excluding tert-OH is 1. The third-order valence-corrected chi connectivity index (χ3v) is 5.66. The van der Waals surface area contributed by atoms with Crippen molar-refractivity contribution in [3.05, 3.63) is 83.4 Å². The van der Waals surface area contributed by atoms with Crippen molar-refractivity contribution in [3.63, 3.8) is 0 Å². The molecule has 3 aromatic rings. The summed E-state index contributed by atoms with van der Waals surface area (Å²) < 4.78 is 5.76. The zero-order valence-electron chi connectivity index (χ0n) is 19.9. The quantitative estimate of drug-likeness (QED) is 0.318. The van der Waals surface area contributed by atoms with Crippen molar-refractivity contribution in [2.75, 3.05) is 13.2 Å². The number of aromatic hydroxyl groups is 1. The molecular formula is C28H33NO5. The maximum Gasteiger partial charge on any atom is 0.339 e. The van der Waals surface area contributed by atoms with Crippen molar-refractivity contribution in [1.29, 1.82) is 0 Å². The highest BCUT2D eigenvalue weighted by molar-refractivity contribution is 5.92. The Morgan fingerprint density at radius 2 is 1.59 bits per heavy atom. The Kier molecular flexibility index (Phi) is 8.68. The van der Waals surface area contributed by atoms with Gasteiger partial charge in [-0.25, -0.2) is 4.79 Å². The minimum Gasteiger partial charge on any atom is -0.508 e. The highest BCUT2D eigenvalue weighted by Gasteiger charge is 2.16. The molecule has 4 N–H and O–H groups in total. The number of carbonyl (C=O) groups is 1. The lowest BCUT2D eigenvalue weighted by Crippen LogP contribution is -2.33. The molecule has 0 aromatic heterocycles. The molecule has 0 spiro atoms. The number of phenolic OH excluding ortho intramolecular Hbond substituents is 1. The highest BCUT2D eigenvalue weighted by Crippen LogP contribution is 2.28. The van der Waals surface area contributed by atoms with E-state index < -0.39 is 12.1 Å². The van der Waals surface area contributed by atoms with E-state index in [0.717, 1.165) is 28.7 Å². The average molecular weight is 464 g/mol. The first-order chi connectivity index (χ1) is 16.2. The van der Waals surface area contributed by atoms with E-state index in [4.69, 9.17) is 4.74 Å². The van der Waals surface area contributed by atoms with Crippen LogP contribution in [0.2, 0.25) is 0 Å². The van der Waals surface area contributed by atoms with Crippen LogP contribution in [0.15, 0.2) is 66.7 Å². The zero-order chi connectivity index (χ0) is 24.7. The summed E-state index contributed by atoms with van der Waals surface area (Å²) in [5.41, 5.74) is 3.96. The number of hydrogen-bond acceptors (Lipinski definition) is 5. The predicted octanol–water partition coefficient (Wildman–Crippen LogP) is 5.05. The molecule has 0 aliphatic rings. The molecule has 34 heavy (non-hydrogen) atoms. The van der Waals surface area contributed by atoms with Gasteiger partial charge in [0.2, 0.25) is 0 Å². The number of aliphatic hydroxyl groups is 1. The van der Waals surface area contributed by atoms with Crippen LogP contribution >= 0.6 is 0 Å². The molecule has 0 saturated heterocycles. The Labute approximate surface area is 200 Å². The van der Waals surface area contributed by atoms with Gasteiger partial charge in [0.05, 0.1) is 12.7 Å². The molecule has 0 fully saturated rings. The van der Waals surface area contributed by atoms with Crippen LogP contribution in [0.25, 0.3) is 11.1 Å². The van der Waals surface area contributed by atoms with Crippen molar-refractivity contribution in [1.82, 2.24) is 5.32 Å². The number of phenols is 1. The third-order valence-electron chi connectivity index (χ3n) is 5.66. The molecule has 3 aromatic carbocycles. The number of carboxylic acids is 1. The largest absolute Gasteiger partial charge is 0.508 e. The van der Waals surface area contributed by atoms with Crippen LogP contribution < -0.4 is 10.1 Å². The summed E-state index contributed by atoms with van der Waals surface area (Å²) in [6.45, 7) is 7.13. The normalized spacial score (nSPS) is 13.0. The molecule has 0 amide bonds. The summed E-state index contributed by atoms with van der Waals surface area (Å²) >= 11 is 0. The van der Waals surface area contributed by atoms with Crippen molar-refractivity contribution >= 4 is 5.97 Å². The van der Waals surface area contributed by atoms with E-state index >= 15 is 0 Å². The first kappa shape index (κ1) is 25.3. The molecule has 2 atom stereocenters. The van der Waals surface area contributed by atoms with Gasteiger partial charge in [-0.15, -0.1) is 0 Å². The third kappa shape index (κ3) is 6.83. The molecular weight excluding hydrogens is 430 g/mol. The first-order valence-corrected chi connectivity index (χ1v) is 11.5. The molecule has 0 heterocycles. The molecule has 180 valence electrons. The van der Waals surface area contributed by atoms with Crippen molar-refractivity contribution in [3.8, 4) is 22.6 Å². The Balaban J connectivity index is 1.59. The Hall–Kier alpha value is -3.35. The lowest BCUT2D eigenvalue weighted by Gasteiger charge is -2.21. The Morgan fingerprint density at radius 3 is 2.21 bits per heavy atom. The fourth-order valence-corrected chi connectivity index (χ4v) is 3.63. The van der Waals surface area contributed by atoms with Gasteiger partial charge in [0.15, 0.2) is 0 Å².